The number of hydrogen-bond donors (Lipinski definition) is 1. The van der Waals surface area contributed by atoms with Gasteiger partial charge in [0.2, 0.25) is 0 Å². The van der Waals surface area contributed by atoms with Crippen LogP contribution in [0, 0.1) is 5.41 Å². The quantitative estimate of drug-likeness (QED) is 0.769. The average molecular weight is 241 g/mol. The van der Waals surface area contributed by atoms with E-state index in [4.69, 9.17) is 5.73 Å². The van der Waals surface area contributed by atoms with Crippen LogP contribution >= 0.6 is 0 Å². The molecule has 1 aliphatic rings. The van der Waals surface area contributed by atoms with E-state index in [0.717, 1.165) is 19.1 Å². The largest absolute Gasteiger partial charge is 0.330 e. The molecule has 1 saturated heterocycles. The van der Waals surface area contributed by atoms with Gasteiger partial charge >= 0.3 is 0 Å². The number of nitrogens with two attached hydrogens (primary N) is 1. The molecule has 1 aliphatic heterocycles. The van der Waals surface area contributed by atoms with Crippen molar-refractivity contribution in [2.24, 2.45) is 11.1 Å². The van der Waals surface area contributed by atoms with Gasteiger partial charge in [0, 0.05) is 12.6 Å². The normalized spacial score (nSPS) is 23.3. The van der Waals surface area contributed by atoms with Crippen LogP contribution in [0.4, 0.5) is 0 Å². The van der Waals surface area contributed by atoms with Gasteiger partial charge in [0.05, 0.1) is 0 Å². The smallest absolute Gasteiger partial charge is 0.0104 e. The van der Waals surface area contributed by atoms with Gasteiger partial charge in [0.1, 0.15) is 0 Å². The van der Waals surface area contributed by atoms with Crippen LogP contribution in [-0.4, -0.2) is 56.1 Å². The third kappa shape index (κ3) is 5.36. The van der Waals surface area contributed by atoms with Crippen LogP contribution in [0.15, 0.2) is 0 Å². The predicted octanol–water partition coefficient (Wildman–Crippen LogP) is 1.78. The van der Waals surface area contributed by atoms with Crippen molar-refractivity contribution in [2.75, 3.05) is 40.3 Å². The summed E-state index contributed by atoms with van der Waals surface area (Å²) in [4.78, 5) is 4.97. The Morgan fingerprint density at radius 2 is 2.06 bits per heavy atom. The lowest BCUT2D eigenvalue weighted by Crippen LogP contribution is -2.41. The lowest BCUT2D eigenvalue weighted by Gasteiger charge is -2.35. The highest BCUT2D eigenvalue weighted by Crippen LogP contribution is 2.19. The van der Waals surface area contributed by atoms with E-state index in [0.29, 0.717) is 0 Å². The second-order valence-electron chi connectivity index (χ2n) is 6.53. The van der Waals surface area contributed by atoms with Crippen molar-refractivity contribution < 1.29 is 0 Å². The molecule has 0 spiro atoms. The maximum Gasteiger partial charge on any atom is 0.0104 e. The summed E-state index contributed by atoms with van der Waals surface area (Å²) in [5.41, 5.74) is 6.02. The Balaban J connectivity index is 2.25. The molecule has 0 bridgehead atoms. The fraction of sp³-hybridized carbons (Fsp3) is 1.00. The minimum atomic E-state index is 0.243. The van der Waals surface area contributed by atoms with E-state index in [2.05, 4.69) is 37.7 Å². The molecule has 0 aromatic rings. The first-order valence-electron chi connectivity index (χ1n) is 7.03. The molecule has 102 valence electrons. The minimum Gasteiger partial charge on any atom is -0.330 e. The first kappa shape index (κ1) is 14.9. The van der Waals surface area contributed by atoms with E-state index < -0.39 is 0 Å². The van der Waals surface area contributed by atoms with Gasteiger partial charge in [-0.25, -0.2) is 0 Å². The van der Waals surface area contributed by atoms with Gasteiger partial charge < -0.3 is 15.5 Å². The van der Waals surface area contributed by atoms with Crippen LogP contribution in [-0.2, 0) is 0 Å². The maximum atomic E-state index is 5.78. The van der Waals surface area contributed by atoms with Crippen LogP contribution in [0.25, 0.3) is 0 Å². The highest BCUT2D eigenvalue weighted by Gasteiger charge is 2.21. The summed E-state index contributed by atoms with van der Waals surface area (Å²) < 4.78 is 0. The Kier molecular flexibility index (Phi) is 5.90. The number of likely N-dealkylation sites (tertiary alicyclic amines) is 1. The summed E-state index contributed by atoms with van der Waals surface area (Å²) in [6.07, 6.45) is 5.47. The first-order chi connectivity index (χ1) is 7.94. The molecule has 1 heterocycles. The zero-order chi connectivity index (χ0) is 12.9. The van der Waals surface area contributed by atoms with Crippen molar-refractivity contribution in [2.45, 2.75) is 45.6 Å². The SMILES string of the molecule is CN(CCC1CCCCN1C)CC(C)(C)CN. The molecule has 3 heteroatoms. The van der Waals surface area contributed by atoms with Gasteiger partial charge in [-0.05, 0) is 58.4 Å². The highest BCUT2D eigenvalue weighted by molar-refractivity contribution is 4.77. The summed E-state index contributed by atoms with van der Waals surface area (Å²) in [7, 11) is 4.49. The van der Waals surface area contributed by atoms with Crippen molar-refractivity contribution in [1.29, 1.82) is 0 Å². The van der Waals surface area contributed by atoms with Crippen molar-refractivity contribution >= 4 is 0 Å². The van der Waals surface area contributed by atoms with E-state index >= 15 is 0 Å². The molecule has 2 N–H and O–H groups in total. The zero-order valence-corrected chi connectivity index (χ0v) is 12.2. The van der Waals surface area contributed by atoms with Crippen molar-refractivity contribution in [3.05, 3.63) is 0 Å². The molecule has 0 aliphatic carbocycles. The molecule has 1 fully saturated rings. The molecule has 1 unspecified atom stereocenters. The predicted molar refractivity (Wildman–Crippen MR) is 75.2 cm³/mol. The summed E-state index contributed by atoms with van der Waals surface area (Å²) in [5, 5.41) is 0. The molecule has 0 saturated carbocycles. The molecule has 3 nitrogen and oxygen atoms in total. The molecule has 0 aromatic carbocycles. The fourth-order valence-electron chi connectivity index (χ4n) is 2.75. The molecule has 0 radical (unpaired) electrons. The Hall–Kier alpha value is -0.120. The van der Waals surface area contributed by atoms with Crippen LogP contribution in [0.2, 0.25) is 0 Å². The van der Waals surface area contributed by atoms with E-state index in [9.17, 15) is 0 Å². The summed E-state index contributed by atoms with van der Waals surface area (Å²) in [6, 6.07) is 0.798. The van der Waals surface area contributed by atoms with Crippen LogP contribution < -0.4 is 5.73 Å². The van der Waals surface area contributed by atoms with Gasteiger partial charge in [0.25, 0.3) is 0 Å². The third-order valence-electron chi connectivity index (χ3n) is 4.02. The molecule has 0 amide bonds. The summed E-state index contributed by atoms with van der Waals surface area (Å²) >= 11 is 0. The molecular formula is C14H31N3. The van der Waals surface area contributed by atoms with Crippen molar-refractivity contribution in [1.82, 2.24) is 9.80 Å². The highest BCUT2D eigenvalue weighted by atomic mass is 15.1. The molecule has 17 heavy (non-hydrogen) atoms. The summed E-state index contributed by atoms with van der Waals surface area (Å²) in [5.74, 6) is 0. The van der Waals surface area contributed by atoms with Gasteiger partial charge in [-0.15, -0.1) is 0 Å². The van der Waals surface area contributed by atoms with Crippen molar-refractivity contribution in [3.63, 3.8) is 0 Å². The number of hydrogen-bond acceptors (Lipinski definition) is 3. The van der Waals surface area contributed by atoms with Gasteiger partial charge in [0.15, 0.2) is 0 Å². The Labute approximate surface area is 107 Å². The second-order valence-corrected chi connectivity index (χ2v) is 6.53. The van der Waals surface area contributed by atoms with Gasteiger partial charge in [-0.1, -0.05) is 20.3 Å². The van der Waals surface area contributed by atoms with Gasteiger partial charge in [-0.3, -0.25) is 0 Å². The number of piperidine rings is 1. The maximum absolute atomic E-state index is 5.78. The topological polar surface area (TPSA) is 32.5 Å². The van der Waals surface area contributed by atoms with E-state index in [1.54, 1.807) is 0 Å². The average Bonchev–Trinajstić information content (AvgIpc) is 2.27. The molecular weight excluding hydrogens is 210 g/mol. The summed E-state index contributed by atoms with van der Waals surface area (Å²) in [6.45, 7) is 8.83. The third-order valence-corrected chi connectivity index (χ3v) is 4.02. The van der Waals surface area contributed by atoms with Crippen LogP contribution in [0.1, 0.15) is 39.5 Å². The van der Waals surface area contributed by atoms with E-state index in [1.807, 2.05) is 0 Å². The lowest BCUT2D eigenvalue weighted by molar-refractivity contribution is 0.147. The standard InChI is InChI=1S/C14H31N3/c1-14(2,11-15)12-16(3)10-8-13-7-5-6-9-17(13)4/h13H,5-12,15H2,1-4H3. The first-order valence-corrected chi connectivity index (χ1v) is 7.03. The van der Waals surface area contributed by atoms with Crippen LogP contribution in [0.3, 0.4) is 0 Å². The van der Waals surface area contributed by atoms with E-state index in [1.165, 1.54) is 38.8 Å². The lowest BCUT2D eigenvalue weighted by atomic mass is 9.93. The van der Waals surface area contributed by atoms with E-state index in [-0.39, 0.29) is 5.41 Å². The fourth-order valence-corrected chi connectivity index (χ4v) is 2.75. The Morgan fingerprint density at radius 3 is 2.65 bits per heavy atom. The zero-order valence-electron chi connectivity index (χ0n) is 12.2. The number of nitrogens with zero attached hydrogens (tertiary/aromatic N) is 2. The Bertz CT molecular complexity index is 216. The Morgan fingerprint density at radius 1 is 1.35 bits per heavy atom. The molecule has 0 aromatic heterocycles. The second kappa shape index (κ2) is 6.72. The minimum absolute atomic E-state index is 0.243. The van der Waals surface area contributed by atoms with Gasteiger partial charge in [-0.2, -0.15) is 0 Å². The monoisotopic (exact) mass is 241 g/mol. The molecule has 1 rings (SSSR count). The molecule has 1 atom stereocenters. The number of rotatable bonds is 6. The van der Waals surface area contributed by atoms with Crippen molar-refractivity contribution in [3.8, 4) is 0 Å². The van der Waals surface area contributed by atoms with Crippen LogP contribution in [0.5, 0.6) is 0 Å².